The van der Waals surface area contributed by atoms with Gasteiger partial charge in [-0.05, 0) is 66.3 Å². The van der Waals surface area contributed by atoms with Gasteiger partial charge in [-0.2, -0.15) is 0 Å². The average molecular weight is 378 g/mol. The highest BCUT2D eigenvalue weighted by molar-refractivity contribution is 5.81. The van der Waals surface area contributed by atoms with Crippen LogP contribution in [0.1, 0.15) is 29.2 Å². The molecule has 1 amide bonds. The summed E-state index contributed by atoms with van der Waals surface area (Å²) in [6, 6.07) is 11.5. The highest BCUT2D eigenvalue weighted by Crippen LogP contribution is 2.33. The zero-order valence-corrected chi connectivity index (χ0v) is 16.2. The number of aryl methyl sites for hydroxylation is 2. The quantitative estimate of drug-likeness (QED) is 0.755. The van der Waals surface area contributed by atoms with Crippen molar-refractivity contribution in [1.29, 1.82) is 0 Å². The summed E-state index contributed by atoms with van der Waals surface area (Å²) in [5, 5.41) is 0.962. The van der Waals surface area contributed by atoms with E-state index in [1.807, 2.05) is 44.2 Å². The Morgan fingerprint density at radius 1 is 1.04 bits per heavy atom. The lowest BCUT2D eigenvalue weighted by atomic mass is 10.0. The SMILES string of the molecule is CC(=O)N(Cc1ccc2c(c1)OCO2)Cc1cc2cc(C)c(C)cc2[nH]c1=O. The van der Waals surface area contributed by atoms with E-state index >= 15 is 0 Å². The van der Waals surface area contributed by atoms with Crippen molar-refractivity contribution in [3.05, 3.63) is 69.0 Å². The number of amides is 1. The fourth-order valence-corrected chi connectivity index (χ4v) is 3.38. The molecule has 0 bridgehead atoms. The monoisotopic (exact) mass is 378 g/mol. The van der Waals surface area contributed by atoms with Crippen LogP contribution in [0.3, 0.4) is 0 Å². The number of carbonyl (C=O) groups is 1. The first-order chi connectivity index (χ1) is 13.4. The molecule has 2 heterocycles. The second kappa shape index (κ2) is 7.03. The summed E-state index contributed by atoms with van der Waals surface area (Å²) < 4.78 is 10.7. The van der Waals surface area contributed by atoms with E-state index in [9.17, 15) is 9.59 Å². The summed E-state index contributed by atoms with van der Waals surface area (Å²) in [4.78, 5) is 29.4. The van der Waals surface area contributed by atoms with Crippen LogP contribution in [0.4, 0.5) is 0 Å². The molecule has 4 rings (SSSR count). The Morgan fingerprint density at radius 2 is 1.79 bits per heavy atom. The van der Waals surface area contributed by atoms with E-state index in [1.165, 1.54) is 6.92 Å². The molecule has 2 aromatic carbocycles. The molecule has 0 fully saturated rings. The van der Waals surface area contributed by atoms with Gasteiger partial charge in [0, 0.05) is 24.5 Å². The molecule has 0 atom stereocenters. The Bertz CT molecular complexity index is 1130. The van der Waals surface area contributed by atoms with E-state index in [0.717, 1.165) is 27.6 Å². The lowest BCUT2D eigenvalue weighted by Crippen LogP contribution is -2.30. The van der Waals surface area contributed by atoms with Crippen molar-refractivity contribution in [2.45, 2.75) is 33.9 Å². The molecule has 6 nitrogen and oxygen atoms in total. The van der Waals surface area contributed by atoms with E-state index in [4.69, 9.17) is 9.47 Å². The van der Waals surface area contributed by atoms with Crippen molar-refractivity contribution < 1.29 is 14.3 Å². The lowest BCUT2D eigenvalue weighted by molar-refractivity contribution is -0.130. The standard InChI is InChI=1S/C22H22N2O4/c1-13-6-17-9-18(22(26)23-19(17)7-14(13)2)11-24(15(3)25)10-16-4-5-20-21(8-16)28-12-27-20/h4-9H,10-12H2,1-3H3,(H,23,26). The number of ether oxygens (including phenoxy) is 2. The number of hydrogen-bond donors (Lipinski definition) is 1. The van der Waals surface area contributed by atoms with Gasteiger partial charge >= 0.3 is 0 Å². The largest absolute Gasteiger partial charge is 0.454 e. The number of pyridine rings is 1. The van der Waals surface area contributed by atoms with Crippen molar-refractivity contribution in [2.75, 3.05) is 6.79 Å². The van der Waals surface area contributed by atoms with Gasteiger partial charge in [0.15, 0.2) is 11.5 Å². The third-order valence-corrected chi connectivity index (χ3v) is 5.15. The maximum atomic E-state index is 12.6. The molecule has 144 valence electrons. The molecule has 1 aromatic heterocycles. The molecule has 0 unspecified atom stereocenters. The molecule has 0 saturated carbocycles. The maximum Gasteiger partial charge on any atom is 0.253 e. The fraction of sp³-hybridized carbons (Fsp3) is 0.273. The molecular weight excluding hydrogens is 356 g/mol. The van der Waals surface area contributed by atoms with Crippen LogP contribution in [0.15, 0.2) is 41.2 Å². The molecule has 0 aliphatic carbocycles. The zero-order chi connectivity index (χ0) is 19.8. The number of aromatic nitrogens is 1. The van der Waals surface area contributed by atoms with Crippen molar-refractivity contribution in [3.8, 4) is 11.5 Å². The first-order valence-electron chi connectivity index (χ1n) is 9.18. The summed E-state index contributed by atoms with van der Waals surface area (Å²) in [7, 11) is 0. The van der Waals surface area contributed by atoms with Crippen LogP contribution in [-0.2, 0) is 17.9 Å². The second-order valence-electron chi connectivity index (χ2n) is 7.21. The van der Waals surface area contributed by atoms with Crippen molar-refractivity contribution in [1.82, 2.24) is 9.88 Å². The minimum Gasteiger partial charge on any atom is -0.454 e. The third kappa shape index (κ3) is 3.45. The summed E-state index contributed by atoms with van der Waals surface area (Å²) >= 11 is 0. The van der Waals surface area contributed by atoms with Gasteiger partial charge in [-0.25, -0.2) is 0 Å². The Balaban J connectivity index is 1.63. The number of aromatic amines is 1. The zero-order valence-electron chi connectivity index (χ0n) is 16.2. The number of H-pyrrole nitrogens is 1. The number of benzene rings is 2. The molecule has 6 heteroatoms. The van der Waals surface area contributed by atoms with Crippen molar-refractivity contribution in [3.63, 3.8) is 0 Å². The van der Waals surface area contributed by atoms with Crippen LogP contribution in [0.5, 0.6) is 11.5 Å². The first-order valence-corrected chi connectivity index (χ1v) is 9.18. The molecular formula is C22H22N2O4. The van der Waals surface area contributed by atoms with Crippen LogP contribution >= 0.6 is 0 Å². The highest BCUT2D eigenvalue weighted by Gasteiger charge is 2.17. The Hall–Kier alpha value is -3.28. The van der Waals surface area contributed by atoms with Crippen LogP contribution in [0, 0.1) is 13.8 Å². The lowest BCUT2D eigenvalue weighted by Gasteiger charge is -2.21. The molecule has 1 aliphatic heterocycles. The molecule has 0 radical (unpaired) electrons. The predicted octanol–water partition coefficient (Wildman–Crippen LogP) is 3.42. The van der Waals surface area contributed by atoms with E-state index < -0.39 is 0 Å². The third-order valence-electron chi connectivity index (χ3n) is 5.15. The predicted molar refractivity (Wildman–Crippen MR) is 107 cm³/mol. The number of rotatable bonds is 4. The van der Waals surface area contributed by atoms with Crippen molar-refractivity contribution in [2.24, 2.45) is 0 Å². The highest BCUT2D eigenvalue weighted by atomic mass is 16.7. The first kappa shape index (κ1) is 18.1. The topological polar surface area (TPSA) is 71.6 Å². The fourth-order valence-electron chi connectivity index (χ4n) is 3.38. The Morgan fingerprint density at radius 3 is 2.57 bits per heavy atom. The van der Waals surface area contributed by atoms with E-state index in [1.54, 1.807) is 4.90 Å². The summed E-state index contributed by atoms with van der Waals surface area (Å²) in [5.41, 5.74) is 4.41. The van der Waals surface area contributed by atoms with E-state index in [-0.39, 0.29) is 24.8 Å². The van der Waals surface area contributed by atoms with Gasteiger partial charge < -0.3 is 19.4 Å². The molecule has 0 spiro atoms. The van der Waals surface area contributed by atoms with Gasteiger partial charge in [0.05, 0.1) is 6.54 Å². The smallest absolute Gasteiger partial charge is 0.253 e. The summed E-state index contributed by atoms with van der Waals surface area (Å²) in [5.74, 6) is 1.28. The van der Waals surface area contributed by atoms with Gasteiger partial charge in [-0.1, -0.05) is 6.07 Å². The molecule has 1 aliphatic rings. The minimum atomic E-state index is -0.173. The number of fused-ring (bicyclic) bond motifs is 2. The van der Waals surface area contributed by atoms with Crippen LogP contribution in [0.2, 0.25) is 0 Å². The number of carbonyl (C=O) groups excluding carboxylic acids is 1. The van der Waals surface area contributed by atoms with E-state index in [0.29, 0.717) is 23.6 Å². The number of hydrogen-bond acceptors (Lipinski definition) is 4. The number of nitrogens with zero attached hydrogens (tertiary/aromatic N) is 1. The van der Waals surface area contributed by atoms with Crippen LogP contribution in [-0.4, -0.2) is 22.6 Å². The normalized spacial score (nSPS) is 12.4. The van der Waals surface area contributed by atoms with Crippen LogP contribution in [0.25, 0.3) is 10.9 Å². The van der Waals surface area contributed by atoms with Gasteiger partial charge in [0.2, 0.25) is 12.7 Å². The average Bonchev–Trinajstić information content (AvgIpc) is 3.11. The molecule has 3 aromatic rings. The molecule has 0 saturated heterocycles. The Kier molecular flexibility index (Phi) is 4.55. The van der Waals surface area contributed by atoms with Gasteiger partial charge in [0.25, 0.3) is 5.56 Å². The maximum absolute atomic E-state index is 12.6. The molecule has 1 N–H and O–H groups in total. The number of nitrogens with one attached hydrogen (secondary N) is 1. The summed E-state index contributed by atoms with van der Waals surface area (Å²) in [6.45, 7) is 6.40. The van der Waals surface area contributed by atoms with Gasteiger partial charge in [-0.3, -0.25) is 9.59 Å². The van der Waals surface area contributed by atoms with Gasteiger partial charge in [-0.15, -0.1) is 0 Å². The van der Waals surface area contributed by atoms with Crippen LogP contribution < -0.4 is 15.0 Å². The Labute approximate surface area is 162 Å². The summed E-state index contributed by atoms with van der Waals surface area (Å²) in [6.07, 6.45) is 0. The second-order valence-corrected chi connectivity index (χ2v) is 7.21. The van der Waals surface area contributed by atoms with Gasteiger partial charge in [0.1, 0.15) is 0 Å². The van der Waals surface area contributed by atoms with E-state index in [2.05, 4.69) is 11.1 Å². The van der Waals surface area contributed by atoms with Crippen molar-refractivity contribution >= 4 is 16.8 Å². The molecule has 28 heavy (non-hydrogen) atoms. The minimum absolute atomic E-state index is 0.0998.